The molecule has 0 fully saturated rings. The number of hydrogen-bond donors (Lipinski definition) is 2. The van der Waals surface area contributed by atoms with Crippen LogP contribution >= 0.6 is 12.0 Å². The van der Waals surface area contributed by atoms with Crippen molar-refractivity contribution in [1.82, 2.24) is 0 Å². The van der Waals surface area contributed by atoms with E-state index < -0.39 is 5.60 Å². The van der Waals surface area contributed by atoms with Crippen molar-refractivity contribution in [3.8, 4) is 0 Å². The Balaban J connectivity index is 0.000000336. The molecule has 0 spiro atoms. The Morgan fingerprint density at radius 3 is 1.87 bits per heavy atom. The average Bonchev–Trinajstić information content (AvgIpc) is 2.15. The Kier molecular flexibility index (Phi) is 6.32. The molecular formula is C12H18O2S. The summed E-state index contributed by atoms with van der Waals surface area (Å²) in [6.45, 7) is 8.85. The van der Waals surface area contributed by atoms with Gasteiger partial charge in [-0.25, -0.2) is 0 Å². The normalized spacial score (nSPS) is 10.2. The maximum Gasteiger partial charge on any atom is 0.0563 e. The highest BCUT2D eigenvalue weighted by molar-refractivity contribution is 7.93. The van der Waals surface area contributed by atoms with Gasteiger partial charge in [-0.1, -0.05) is 24.8 Å². The second-order valence-electron chi connectivity index (χ2n) is 4.04. The van der Waals surface area contributed by atoms with Crippen molar-refractivity contribution in [2.45, 2.75) is 31.3 Å². The first kappa shape index (κ1) is 14.2. The first-order valence-corrected chi connectivity index (χ1v) is 5.40. The second-order valence-corrected chi connectivity index (χ2v) is 4.69. The quantitative estimate of drug-likeness (QED) is 0.756. The van der Waals surface area contributed by atoms with Crippen LogP contribution in [0.3, 0.4) is 0 Å². The largest absolute Gasteiger partial charge is 0.391 e. The van der Waals surface area contributed by atoms with Gasteiger partial charge in [-0.05, 0) is 38.5 Å². The molecule has 0 heterocycles. The van der Waals surface area contributed by atoms with E-state index in [4.69, 9.17) is 9.66 Å². The number of rotatable bonds is 2. The standard InChI is InChI=1S/C8H8OS.C4H10O/c1-2-7-3-5-8(10-9)6-4-7;1-4(2,3)5/h2-6,9H,1H2;5H,1-3H3. The van der Waals surface area contributed by atoms with Gasteiger partial charge in [-0.2, -0.15) is 0 Å². The molecule has 0 saturated carbocycles. The molecule has 2 nitrogen and oxygen atoms in total. The fraction of sp³-hybridized carbons (Fsp3) is 0.333. The molecule has 0 aliphatic heterocycles. The minimum Gasteiger partial charge on any atom is -0.391 e. The highest BCUT2D eigenvalue weighted by Crippen LogP contribution is 2.14. The summed E-state index contributed by atoms with van der Waals surface area (Å²) in [7, 11) is 0. The van der Waals surface area contributed by atoms with E-state index >= 15 is 0 Å². The molecule has 0 aliphatic carbocycles. The van der Waals surface area contributed by atoms with E-state index in [1.54, 1.807) is 26.8 Å². The highest BCUT2D eigenvalue weighted by Gasteiger charge is 1.97. The lowest BCUT2D eigenvalue weighted by Crippen LogP contribution is -2.10. The summed E-state index contributed by atoms with van der Waals surface area (Å²) in [5.74, 6) is 0. The minimum absolute atomic E-state index is 0.500. The van der Waals surface area contributed by atoms with Gasteiger partial charge in [-0.3, -0.25) is 0 Å². The van der Waals surface area contributed by atoms with Crippen LogP contribution in [0.2, 0.25) is 0 Å². The van der Waals surface area contributed by atoms with E-state index in [1.165, 1.54) is 0 Å². The van der Waals surface area contributed by atoms with Crippen LogP contribution in [0.4, 0.5) is 0 Å². The molecule has 1 aromatic rings. The van der Waals surface area contributed by atoms with Crippen LogP contribution in [0.5, 0.6) is 0 Å². The summed E-state index contributed by atoms with van der Waals surface area (Å²) in [4.78, 5) is 0.852. The summed E-state index contributed by atoms with van der Waals surface area (Å²) < 4.78 is 8.59. The molecule has 0 bridgehead atoms. The fourth-order valence-electron chi connectivity index (χ4n) is 0.665. The first-order chi connectivity index (χ1) is 6.86. The molecule has 2 N–H and O–H groups in total. The van der Waals surface area contributed by atoms with Gasteiger partial charge >= 0.3 is 0 Å². The van der Waals surface area contributed by atoms with Crippen molar-refractivity contribution in [3.05, 3.63) is 36.4 Å². The van der Waals surface area contributed by atoms with Gasteiger partial charge in [-0.15, -0.1) is 0 Å². The van der Waals surface area contributed by atoms with Gasteiger partial charge in [0.25, 0.3) is 0 Å². The lowest BCUT2D eigenvalue weighted by Gasteiger charge is -2.04. The number of hydrogen-bond acceptors (Lipinski definition) is 3. The van der Waals surface area contributed by atoms with Crippen LogP contribution in [-0.4, -0.2) is 15.3 Å². The highest BCUT2D eigenvalue weighted by atomic mass is 32.2. The van der Waals surface area contributed by atoms with Gasteiger partial charge in [0.1, 0.15) is 0 Å². The Bertz CT molecular complexity index is 279. The Labute approximate surface area is 95.9 Å². The zero-order valence-corrected chi connectivity index (χ0v) is 10.2. The predicted molar refractivity (Wildman–Crippen MR) is 67.0 cm³/mol. The van der Waals surface area contributed by atoms with Gasteiger partial charge < -0.3 is 9.66 Å². The van der Waals surface area contributed by atoms with E-state index in [2.05, 4.69) is 6.58 Å². The monoisotopic (exact) mass is 226 g/mol. The summed E-state index contributed by atoms with van der Waals surface area (Å²) in [5, 5.41) is 8.52. The van der Waals surface area contributed by atoms with Crippen molar-refractivity contribution in [1.29, 1.82) is 0 Å². The number of aliphatic hydroxyl groups is 1. The van der Waals surface area contributed by atoms with E-state index in [9.17, 15) is 0 Å². The first-order valence-electron chi connectivity index (χ1n) is 4.63. The molecule has 0 saturated heterocycles. The van der Waals surface area contributed by atoms with Crippen LogP contribution in [0.1, 0.15) is 26.3 Å². The summed E-state index contributed by atoms with van der Waals surface area (Å²) in [5.41, 5.74) is 0.567. The molecule has 0 unspecified atom stereocenters. The zero-order chi connectivity index (χ0) is 11.9. The van der Waals surface area contributed by atoms with Crippen molar-refractivity contribution in [2.24, 2.45) is 0 Å². The lowest BCUT2D eigenvalue weighted by molar-refractivity contribution is 0.102. The van der Waals surface area contributed by atoms with Crippen molar-refractivity contribution < 1.29 is 9.66 Å². The molecule has 0 aromatic heterocycles. The molecule has 0 aliphatic rings. The topological polar surface area (TPSA) is 40.5 Å². The molecular weight excluding hydrogens is 208 g/mol. The third-order valence-corrected chi connectivity index (χ3v) is 1.70. The SMILES string of the molecule is C=Cc1ccc(SO)cc1.CC(C)(C)O. The minimum atomic E-state index is -0.500. The van der Waals surface area contributed by atoms with Crippen LogP contribution in [0.15, 0.2) is 35.7 Å². The van der Waals surface area contributed by atoms with Crippen LogP contribution in [0.25, 0.3) is 6.08 Å². The van der Waals surface area contributed by atoms with Crippen molar-refractivity contribution >= 4 is 18.1 Å². The smallest absolute Gasteiger partial charge is 0.0563 e. The molecule has 0 atom stereocenters. The number of benzene rings is 1. The molecule has 1 aromatic carbocycles. The maximum absolute atomic E-state index is 8.59. The van der Waals surface area contributed by atoms with E-state index in [0.29, 0.717) is 0 Å². The summed E-state index contributed by atoms with van der Waals surface area (Å²) in [6, 6.07) is 7.51. The molecule has 0 radical (unpaired) electrons. The Morgan fingerprint density at radius 1 is 1.20 bits per heavy atom. The van der Waals surface area contributed by atoms with Gasteiger partial charge in [0.2, 0.25) is 0 Å². The average molecular weight is 226 g/mol. The predicted octanol–water partition coefficient (Wildman–Crippen LogP) is 3.67. The van der Waals surface area contributed by atoms with Gasteiger partial charge in [0.05, 0.1) is 5.60 Å². The zero-order valence-electron chi connectivity index (χ0n) is 9.40. The van der Waals surface area contributed by atoms with Crippen molar-refractivity contribution in [2.75, 3.05) is 0 Å². The molecule has 3 heteroatoms. The van der Waals surface area contributed by atoms with Gasteiger partial charge in [0, 0.05) is 16.9 Å². The Hall–Kier alpha value is -0.770. The van der Waals surface area contributed by atoms with E-state index in [-0.39, 0.29) is 0 Å². The summed E-state index contributed by atoms with van der Waals surface area (Å²) in [6.07, 6.45) is 1.77. The molecule has 84 valence electrons. The maximum atomic E-state index is 8.59. The third kappa shape index (κ3) is 9.53. The van der Waals surface area contributed by atoms with Crippen LogP contribution in [0, 0.1) is 0 Å². The molecule has 0 amide bonds. The molecule has 15 heavy (non-hydrogen) atoms. The Morgan fingerprint density at radius 2 is 1.60 bits per heavy atom. The second kappa shape index (κ2) is 6.67. The van der Waals surface area contributed by atoms with Gasteiger partial charge in [0.15, 0.2) is 0 Å². The third-order valence-electron chi connectivity index (χ3n) is 1.22. The van der Waals surface area contributed by atoms with Crippen LogP contribution < -0.4 is 0 Å². The van der Waals surface area contributed by atoms with E-state index in [1.807, 2.05) is 24.3 Å². The van der Waals surface area contributed by atoms with Crippen LogP contribution in [-0.2, 0) is 0 Å². The molecule has 1 rings (SSSR count). The fourth-order valence-corrected chi connectivity index (χ4v) is 0.923. The lowest BCUT2D eigenvalue weighted by atomic mass is 10.2. The summed E-state index contributed by atoms with van der Waals surface area (Å²) >= 11 is 0.754. The van der Waals surface area contributed by atoms with Crippen molar-refractivity contribution in [3.63, 3.8) is 0 Å². The van der Waals surface area contributed by atoms with E-state index in [0.717, 1.165) is 22.5 Å².